The Kier molecular flexibility index (Phi) is 4.21. The summed E-state index contributed by atoms with van der Waals surface area (Å²) in [6.45, 7) is 10.4. The van der Waals surface area contributed by atoms with Gasteiger partial charge in [-0.25, -0.2) is 0 Å². The first-order valence-electron chi connectivity index (χ1n) is 6.19. The first kappa shape index (κ1) is 14.0. The van der Waals surface area contributed by atoms with Gasteiger partial charge < -0.3 is 10.2 Å². The predicted molar refractivity (Wildman–Crippen MR) is 71.5 cm³/mol. The van der Waals surface area contributed by atoms with E-state index in [0.29, 0.717) is 5.75 Å². The highest BCUT2D eigenvalue weighted by molar-refractivity contribution is 5.46. The minimum absolute atomic E-state index is 0.0622. The molecule has 2 heteroatoms. The molecule has 17 heavy (non-hydrogen) atoms. The first-order chi connectivity index (χ1) is 7.75. The van der Waals surface area contributed by atoms with Crippen molar-refractivity contribution in [2.24, 2.45) is 5.92 Å². The Labute approximate surface area is 104 Å². The number of hydrogen-bond acceptors (Lipinski definition) is 2. The number of rotatable bonds is 3. The molecular weight excluding hydrogens is 212 g/mol. The molecule has 0 aliphatic heterocycles. The van der Waals surface area contributed by atoms with Crippen LogP contribution in [0.5, 0.6) is 5.75 Å². The molecule has 0 radical (unpaired) electrons. The molecule has 0 bridgehead atoms. The SMILES string of the molecule is Cc1cc(CC(C)CO)cc(C(C)(C)C)c1O. The largest absolute Gasteiger partial charge is 0.507 e. The van der Waals surface area contributed by atoms with Gasteiger partial charge in [0.05, 0.1) is 0 Å². The van der Waals surface area contributed by atoms with Gasteiger partial charge in [-0.15, -0.1) is 0 Å². The van der Waals surface area contributed by atoms with Gasteiger partial charge in [0.2, 0.25) is 0 Å². The third-order valence-corrected chi connectivity index (χ3v) is 3.06. The molecule has 1 aromatic carbocycles. The highest BCUT2D eigenvalue weighted by Crippen LogP contribution is 2.34. The number of aliphatic hydroxyl groups is 1. The van der Waals surface area contributed by atoms with Crippen LogP contribution in [0.15, 0.2) is 12.1 Å². The van der Waals surface area contributed by atoms with Crippen LogP contribution < -0.4 is 0 Å². The molecule has 0 spiro atoms. The van der Waals surface area contributed by atoms with Gasteiger partial charge in [-0.2, -0.15) is 0 Å². The molecule has 0 saturated heterocycles. The van der Waals surface area contributed by atoms with E-state index in [0.717, 1.165) is 17.5 Å². The molecule has 0 heterocycles. The summed E-state index contributed by atoms with van der Waals surface area (Å²) in [5.41, 5.74) is 3.02. The summed E-state index contributed by atoms with van der Waals surface area (Å²) in [5, 5.41) is 19.2. The predicted octanol–water partition coefficient (Wildman–Crippen LogP) is 3.17. The molecule has 2 nitrogen and oxygen atoms in total. The van der Waals surface area contributed by atoms with Crippen molar-refractivity contribution in [1.29, 1.82) is 0 Å². The zero-order valence-corrected chi connectivity index (χ0v) is 11.5. The number of hydrogen-bond donors (Lipinski definition) is 2. The van der Waals surface area contributed by atoms with Crippen LogP contribution >= 0.6 is 0 Å². The molecule has 0 aliphatic carbocycles. The second-order valence-corrected chi connectivity index (χ2v) is 6.05. The molecule has 2 N–H and O–H groups in total. The highest BCUT2D eigenvalue weighted by atomic mass is 16.3. The zero-order chi connectivity index (χ0) is 13.2. The molecule has 96 valence electrons. The monoisotopic (exact) mass is 236 g/mol. The van der Waals surface area contributed by atoms with E-state index in [1.807, 2.05) is 19.9 Å². The molecule has 1 atom stereocenters. The van der Waals surface area contributed by atoms with Crippen LogP contribution in [0.4, 0.5) is 0 Å². The van der Waals surface area contributed by atoms with Crippen LogP contribution in [-0.2, 0) is 11.8 Å². The van der Waals surface area contributed by atoms with Crippen molar-refractivity contribution < 1.29 is 10.2 Å². The quantitative estimate of drug-likeness (QED) is 0.846. The van der Waals surface area contributed by atoms with E-state index in [1.165, 1.54) is 5.56 Å². The average molecular weight is 236 g/mol. The maximum Gasteiger partial charge on any atom is 0.122 e. The Bertz CT molecular complexity index is 389. The van der Waals surface area contributed by atoms with E-state index in [2.05, 4.69) is 26.8 Å². The second kappa shape index (κ2) is 5.09. The van der Waals surface area contributed by atoms with Gasteiger partial charge >= 0.3 is 0 Å². The third-order valence-electron chi connectivity index (χ3n) is 3.06. The number of phenolic OH excluding ortho intramolecular Hbond substituents is 1. The van der Waals surface area contributed by atoms with E-state index in [9.17, 15) is 5.11 Å². The molecule has 1 rings (SSSR count). The van der Waals surface area contributed by atoms with Crippen LogP contribution in [0.3, 0.4) is 0 Å². The second-order valence-electron chi connectivity index (χ2n) is 6.05. The summed E-state index contributed by atoms with van der Waals surface area (Å²) < 4.78 is 0. The fraction of sp³-hybridized carbons (Fsp3) is 0.600. The first-order valence-corrected chi connectivity index (χ1v) is 6.19. The molecule has 1 unspecified atom stereocenters. The summed E-state index contributed by atoms with van der Waals surface area (Å²) in [5.74, 6) is 0.657. The lowest BCUT2D eigenvalue weighted by Gasteiger charge is -2.23. The lowest BCUT2D eigenvalue weighted by molar-refractivity contribution is 0.237. The fourth-order valence-electron chi connectivity index (χ4n) is 2.01. The van der Waals surface area contributed by atoms with E-state index in [-0.39, 0.29) is 17.9 Å². The minimum atomic E-state index is -0.0622. The van der Waals surface area contributed by atoms with E-state index in [1.54, 1.807) is 0 Å². The molecule has 1 aromatic rings. The number of aromatic hydroxyl groups is 1. The topological polar surface area (TPSA) is 40.5 Å². The van der Waals surface area contributed by atoms with Crippen LogP contribution in [0, 0.1) is 12.8 Å². The number of aliphatic hydroxyl groups excluding tert-OH is 1. The lowest BCUT2D eigenvalue weighted by Crippen LogP contribution is -2.13. The molecule has 0 fully saturated rings. The lowest BCUT2D eigenvalue weighted by atomic mass is 9.83. The summed E-state index contributed by atoms with van der Waals surface area (Å²) in [6.07, 6.45) is 0.848. The molecule has 0 amide bonds. The van der Waals surface area contributed by atoms with Crippen molar-refractivity contribution in [1.82, 2.24) is 0 Å². The number of aryl methyl sites for hydroxylation is 1. The summed E-state index contributed by atoms with van der Waals surface area (Å²) in [4.78, 5) is 0. The molecular formula is C15H24O2. The maximum absolute atomic E-state index is 10.1. The Morgan fingerprint density at radius 1 is 1.24 bits per heavy atom. The fourth-order valence-corrected chi connectivity index (χ4v) is 2.01. The van der Waals surface area contributed by atoms with Crippen molar-refractivity contribution >= 4 is 0 Å². The molecule has 0 saturated carbocycles. The van der Waals surface area contributed by atoms with Crippen molar-refractivity contribution in [3.8, 4) is 5.75 Å². The highest BCUT2D eigenvalue weighted by Gasteiger charge is 2.20. The maximum atomic E-state index is 10.1. The summed E-state index contributed by atoms with van der Waals surface area (Å²) >= 11 is 0. The van der Waals surface area contributed by atoms with E-state index < -0.39 is 0 Å². The van der Waals surface area contributed by atoms with Crippen LogP contribution in [0.25, 0.3) is 0 Å². The number of benzene rings is 1. The smallest absolute Gasteiger partial charge is 0.122 e. The number of phenols is 1. The standard InChI is InChI=1S/C15H24O2/c1-10(9-16)6-12-7-11(2)14(17)13(8-12)15(3,4)5/h7-8,10,16-17H,6,9H2,1-5H3. The Morgan fingerprint density at radius 2 is 1.82 bits per heavy atom. The minimum Gasteiger partial charge on any atom is -0.507 e. The van der Waals surface area contributed by atoms with Gasteiger partial charge in [0.1, 0.15) is 5.75 Å². The van der Waals surface area contributed by atoms with Crippen LogP contribution in [0.2, 0.25) is 0 Å². The average Bonchev–Trinajstić information content (AvgIpc) is 2.21. The van der Waals surface area contributed by atoms with Crippen molar-refractivity contribution in [2.45, 2.75) is 46.5 Å². The van der Waals surface area contributed by atoms with E-state index in [4.69, 9.17) is 5.11 Å². The van der Waals surface area contributed by atoms with Gasteiger partial charge in [0.25, 0.3) is 0 Å². The zero-order valence-electron chi connectivity index (χ0n) is 11.5. The Balaban J connectivity index is 3.15. The van der Waals surface area contributed by atoms with Gasteiger partial charge in [-0.05, 0) is 41.4 Å². The van der Waals surface area contributed by atoms with Crippen molar-refractivity contribution in [2.75, 3.05) is 6.61 Å². The molecule has 0 aromatic heterocycles. The van der Waals surface area contributed by atoms with Crippen molar-refractivity contribution in [3.63, 3.8) is 0 Å². The van der Waals surface area contributed by atoms with Crippen molar-refractivity contribution in [3.05, 3.63) is 28.8 Å². The van der Waals surface area contributed by atoms with Gasteiger partial charge in [0.15, 0.2) is 0 Å². The van der Waals surface area contributed by atoms with E-state index >= 15 is 0 Å². The Morgan fingerprint density at radius 3 is 2.29 bits per heavy atom. The van der Waals surface area contributed by atoms with Crippen LogP contribution in [-0.4, -0.2) is 16.8 Å². The third kappa shape index (κ3) is 3.47. The van der Waals surface area contributed by atoms with Gasteiger partial charge in [-0.3, -0.25) is 0 Å². The summed E-state index contributed by atoms with van der Waals surface area (Å²) in [6, 6.07) is 4.07. The normalized spacial score (nSPS) is 13.8. The van der Waals surface area contributed by atoms with Gasteiger partial charge in [0, 0.05) is 6.61 Å². The summed E-state index contributed by atoms with van der Waals surface area (Å²) in [7, 11) is 0. The molecule has 0 aliphatic rings. The van der Waals surface area contributed by atoms with Crippen LogP contribution in [0.1, 0.15) is 44.4 Å². The Hall–Kier alpha value is -1.02. The van der Waals surface area contributed by atoms with Gasteiger partial charge in [-0.1, -0.05) is 39.8 Å².